The third-order valence-corrected chi connectivity index (χ3v) is 5.43. The second kappa shape index (κ2) is 5.73. The largest absolute Gasteiger partial charge is 0.471 e. The number of benzene rings is 2. The van der Waals surface area contributed by atoms with E-state index < -0.39 is 29.2 Å². The fraction of sp³-hybridized carbons (Fsp3) is 0.300. The minimum atomic E-state index is -5.28. The van der Waals surface area contributed by atoms with Gasteiger partial charge in [0.25, 0.3) is 5.79 Å². The maximum absolute atomic E-state index is 13.4. The van der Waals surface area contributed by atoms with Gasteiger partial charge in [-0.2, -0.15) is 13.2 Å². The van der Waals surface area contributed by atoms with Gasteiger partial charge in [-0.1, -0.05) is 38.1 Å². The number of rotatable bonds is 2. The molecule has 1 heterocycles. The molecule has 4 N–H and O–H groups in total. The molecule has 2 atom stereocenters. The van der Waals surface area contributed by atoms with E-state index in [0.29, 0.717) is 0 Å². The van der Waals surface area contributed by atoms with Gasteiger partial charge in [0.2, 0.25) is 11.3 Å². The number of hydrogen-bond acceptors (Lipinski definition) is 5. The normalized spacial score (nSPS) is 24.7. The fourth-order valence-corrected chi connectivity index (χ4v) is 3.99. The lowest BCUT2D eigenvalue weighted by molar-refractivity contribution is -0.194. The first-order valence-corrected chi connectivity index (χ1v) is 8.82. The molecule has 2 unspecified atom stereocenters. The molecule has 9 heteroatoms. The van der Waals surface area contributed by atoms with Crippen LogP contribution < -0.4 is 15.8 Å². The zero-order valence-corrected chi connectivity index (χ0v) is 15.4. The molecule has 2 aromatic rings. The summed E-state index contributed by atoms with van der Waals surface area (Å²) in [6.45, 7) is 3.79. The van der Waals surface area contributed by atoms with Gasteiger partial charge < -0.3 is 20.9 Å². The SMILES string of the molecule is CC(C)c1ccc2c(c1)OC1(O)c3cccc(N)c3C(=O)C21NC(=O)C(F)(F)F. The number of alkyl halides is 3. The summed E-state index contributed by atoms with van der Waals surface area (Å²) in [5.74, 6) is -5.85. The molecule has 0 spiro atoms. The molecule has 1 aliphatic carbocycles. The van der Waals surface area contributed by atoms with Gasteiger partial charge >= 0.3 is 12.1 Å². The first-order chi connectivity index (χ1) is 13.4. The summed E-state index contributed by atoms with van der Waals surface area (Å²) in [5, 5.41) is 13.1. The van der Waals surface area contributed by atoms with Crippen LogP contribution in [0.25, 0.3) is 0 Å². The summed E-state index contributed by atoms with van der Waals surface area (Å²) in [5.41, 5.74) is 3.73. The maximum atomic E-state index is 13.4. The van der Waals surface area contributed by atoms with Crippen molar-refractivity contribution < 1.29 is 32.6 Å². The first kappa shape index (κ1) is 19.3. The van der Waals surface area contributed by atoms with Crippen molar-refractivity contribution in [3.05, 3.63) is 58.7 Å². The predicted octanol–water partition coefficient (Wildman–Crippen LogP) is 2.70. The number of halogens is 3. The van der Waals surface area contributed by atoms with Gasteiger partial charge in [0.1, 0.15) is 5.75 Å². The Hall–Kier alpha value is -3.07. The van der Waals surface area contributed by atoms with E-state index in [9.17, 15) is 27.9 Å². The summed E-state index contributed by atoms with van der Waals surface area (Å²) in [7, 11) is 0. The summed E-state index contributed by atoms with van der Waals surface area (Å²) >= 11 is 0. The van der Waals surface area contributed by atoms with Crippen LogP contribution in [0.4, 0.5) is 18.9 Å². The summed E-state index contributed by atoms with van der Waals surface area (Å²) in [6, 6.07) is 8.69. The van der Waals surface area contributed by atoms with Crippen LogP contribution in [0.5, 0.6) is 5.75 Å². The molecular formula is C20H17F3N2O4. The molecule has 4 rings (SSSR count). The zero-order chi connectivity index (χ0) is 21.4. The predicted molar refractivity (Wildman–Crippen MR) is 96.1 cm³/mol. The van der Waals surface area contributed by atoms with E-state index in [2.05, 4.69) is 0 Å². The molecule has 2 aliphatic rings. The molecule has 6 nitrogen and oxygen atoms in total. The van der Waals surface area contributed by atoms with Crippen LogP contribution in [-0.2, 0) is 16.1 Å². The number of aliphatic hydroxyl groups is 1. The highest BCUT2D eigenvalue weighted by Crippen LogP contribution is 2.59. The number of nitrogens with one attached hydrogen (secondary N) is 1. The van der Waals surface area contributed by atoms with Crippen LogP contribution in [-0.4, -0.2) is 23.0 Å². The summed E-state index contributed by atoms with van der Waals surface area (Å²) in [6.07, 6.45) is -5.28. The van der Waals surface area contributed by atoms with E-state index >= 15 is 0 Å². The van der Waals surface area contributed by atoms with Crippen molar-refractivity contribution >= 4 is 17.4 Å². The summed E-state index contributed by atoms with van der Waals surface area (Å²) < 4.78 is 45.0. The molecule has 1 amide bonds. The average molecular weight is 406 g/mol. The molecule has 0 saturated heterocycles. The number of ketones is 1. The van der Waals surface area contributed by atoms with Crippen molar-refractivity contribution in [3.63, 3.8) is 0 Å². The Bertz CT molecular complexity index is 1070. The van der Waals surface area contributed by atoms with Crippen LogP contribution in [0.1, 0.15) is 46.8 Å². The molecule has 0 radical (unpaired) electrons. The third kappa shape index (κ3) is 2.33. The lowest BCUT2D eigenvalue weighted by atomic mass is 9.82. The number of Topliss-reactive ketones (excluding diaryl/α,β-unsaturated/α-hetero) is 1. The van der Waals surface area contributed by atoms with Crippen molar-refractivity contribution in [2.24, 2.45) is 0 Å². The van der Waals surface area contributed by atoms with Crippen LogP contribution >= 0.6 is 0 Å². The Morgan fingerprint density at radius 2 is 1.90 bits per heavy atom. The van der Waals surface area contributed by atoms with E-state index in [-0.39, 0.29) is 34.0 Å². The molecule has 0 bridgehead atoms. The van der Waals surface area contributed by atoms with Gasteiger partial charge in [0.15, 0.2) is 0 Å². The number of carbonyl (C=O) groups excluding carboxylic acids is 2. The molecule has 152 valence electrons. The van der Waals surface area contributed by atoms with Crippen molar-refractivity contribution in [1.29, 1.82) is 0 Å². The van der Waals surface area contributed by atoms with E-state index in [1.807, 2.05) is 13.8 Å². The lowest BCUT2D eigenvalue weighted by Gasteiger charge is -2.34. The zero-order valence-electron chi connectivity index (χ0n) is 15.4. The Morgan fingerprint density at radius 1 is 1.21 bits per heavy atom. The topological polar surface area (TPSA) is 102 Å². The highest BCUT2D eigenvalue weighted by molar-refractivity contribution is 6.15. The van der Waals surface area contributed by atoms with Gasteiger partial charge in [-0.05, 0) is 23.6 Å². The minimum absolute atomic E-state index is 0.0163. The molecule has 29 heavy (non-hydrogen) atoms. The first-order valence-electron chi connectivity index (χ1n) is 8.82. The standard InChI is InChI=1S/C20H17F3N2O4/c1-9(2)10-6-7-11-14(8-10)29-19(28)12-4-3-5-13(24)15(12)16(26)18(11,19)25-17(27)20(21,22)23/h3-9,28H,24H2,1-2H3,(H,25,27). The Kier molecular flexibility index (Phi) is 3.80. The van der Waals surface area contributed by atoms with Crippen molar-refractivity contribution in [3.8, 4) is 5.75 Å². The Morgan fingerprint density at radius 3 is 2.52 bits per heavy atom. The molecule has 2 aromatic carbocycles. The number of hydrogen-bond donors (Lipinski definition) is 3. The van der Waals surface area contributed by atoms with E-state index in [1.54, 1.807) is 11.4 Å². The summed E-state index contributed by atoms with van der Waals surface area (Å²) in [4.78, 5) is 25.2. The highest BCUT2D eigenvalue weighted by Gasteiger charge is 2.73. The van der Waals surface area contributed by atoms with Gasteiger partial charge in [-0.25, -0.2) is 0 Å². The number of nitrogens with two attached hydrogens (primary N) is 1. The van der Waals surface area contributed by atoms with Crippen LogP contribution in [0.2, 0.25) is 0 Å². The molecule has 0 fully saturated rings. The quantitative estimate of drug-likeness (QED) is 0.666. The van der Waals surface area contributed by atoms with Crippen molar-refractivity contribution in [2.45, 2.75) is 37.3 Å². The smallest absolute Gasteiger partial charge is 0.454 e. The van der Waals surface area contributed by atoms with Crippen LogP contribution in [0, 0.1) is 0 Å². The highest BCUT2D eigenvalue weighted by atomic mass is 19.4. The third-order valence-electron chi connectivity index (χ3n) is 5.43. The van der Waals surface area contributed by atoms with Gasteiger partial charge in [-0.15, -0.1) is 0 Å². The minimum Gasteiger partial charge on any atom is -0.454 e. The van der Waals surface area contributed by atoms with E-state index in [1.165, 1.54) is 30.3 Å². The van der Waals surface area contributed by atoms with Crippen molar-refractivity contribution in [2.75, 3.05) is 5.73 Å². The molecule has 0 saturated carbocycles. The van der Waals surface area contributed by atoms with Crippen LogP contribution in [0.15, 0.2) is 36.4 Å². The second-order valence-electron chi connectivity index (χ2n) is 7.46. The van der Waals surface area contributed by atoms with Crippen molar-refractivity contribution in [1.82, 2.24) is 5.32 Å². The Labute approximate surface area is 163 Å². The fourth-order valence-electron chi connectivity index (χ4n) is 3.99. The molecular weight excluding hydrogens is 389 g/mol. The number of fused-ring (bicyclic) bond motifs is 5. The van der Waals surface area contributed by atoms with Gasteiger partial charge in [-0.3, -0.25) is 9.59 Å². The second-order valence-corrected chi connectivity index (χ2v) is 7.46. The Balaban J connectivity index is 2.00. The number of amides is 1. The van der Waals surface area contributed by atoms with Gasteiger partial charge in [0.05, 0.1) is 5.56 Å². The van der Waals surface area contributed by atoms with E-state index in [0.717, 1.165) is 5.56 Å². The van der Waals surface area contributed by atoms with Gasteiger partial charge in [0, 0.05) is 16.8 Å². The molecule has 0 aromatic heterocycles. The van der Waals surface area contributed by atoms with Crippen LogP contribution in [0.3, 0.4) is 0 Å². The van der Waals surface area contributed by atoms with E-state index in [4.69, 9.17) is 10.5 Å². The number of carbonyl (C=O) groups is 2. The number of ether oxygens (including phenoxy) is 1. The number of nitrogen functional groups attached to an aromatic ring is 1. The lowest BCUT2D eigenvalue weighted by Crippen LogP contribution is -2.62. The number of anilines is 1. The average Bonchev–Trinajstić information content (AvgIpc) is 2.98. The monoisotopic (exact) mass is 406 g/mol. The molecule has 1 aliphatic heterocycles. The maximum Gasteiger partial charge on any atom is 0.471 e.